The average Bonchev–Trinajstić information content (AvgIpc) is 2.84. The zero-order valence-corrected chi connectivity index (χ0v) is 10.9. The molecule has 3 rings (SSSR count). The van der Waals surface area contributed by atoms with Gasteiger partial charge in [0.05, 0.1) is 5.02 Å². The quantitative estimate of drug-likeness (QED) is 0.757. The van der Waals surface area contributed by atoms with E-state index in [0.29, 0.717) is 16.5 Å². The van der Waals surface area contributed by atoms with Crippen molar-refractivity contribution in [3.05, 3.63) is 70.4 Å². The monoisotopic (exact) mass is 294 g/mol. The van der Waals surface area contributed by atoms with Crippen LogP contribution in [-0.2, 0) is 0 Å². The smallest absolute Gasteiger partial charge is 0.141 e. The summed E-state index contributed by atoms with van der Waals surface area (Å²) < 4.78 is 31.7. The third-order valence-corrected chi connectivity index (χ3v) is 3.32. The predicted molar refractivity (Wildman–Crippen MR) is 71.6 cm³/mol. The van der Waals surface area contributed by atoms with Gasteiger partial charge in [0.2, 0.25) is 0 Å². The van der Waals surface area contributed by atoms with E-state index >= 15 is 0 Å². The summed E-state index contributed by atoms with van der Waals surface area (Å²) in [6.45, 7) is 0. The summed E-state index contributed by atoms with van der Waals surface area (Å²) in [5.41, 5.74) is 0.865. The topological polar surface area (TPSA) is 33.4 Å². The van der Waals surface area contributed by atoms with Crippen molar-refractivity contribution in [2.75, 3.05) is 0 Å². The van der Waals surface area contributed by atoms with Gasteiger partial charge < -0.3 is 9.52 Å². The fourth-order valence-electron chi connectivity index (χ4n) is 2.02. The second-order valence-electron chi connectivity index (χ2n) is 4.41. The lowest BCUT2D eigenvalue weighted by Crippen LogP contribution is -1.98. The number of hydrogen-bond donors (Lipinski definition) is 1. The van der Waals surface area contributed by atoms with E-state index in [1.165, 1.54) is 36.4 Å². The largest absolute Gasteiger partial charge is 0.458 e. The molecule has 0 saturated carbocycles. The molecule has 2 nitrogen and oxygen atoms in total. The van der Waals surface area contributed by atoms with E-state index < -0.39 is 11.9 Å². The third kappa shape index (κ3) is 2.28. The molecule has 1 unspecified atom stereocenters. The minimum atomic E-state index is -1.09. The van der Waals surface area contributed by atoms with Crippen LogP contribution in [-0.4, -0.2) is 5.11 Å². The number of rotatable bonds is 2. The molecule has 0 aliphatic heterocycles. The summed E-state index contributed by atoms with van der Waals surface area (Å²) in [6, 6.07) is 9.53. The second-order valence-corrected chi connectivity index (χ2v) is 4.81. The molecule has 0 aliphatic carbocycles. The number of furan rings is 1. The van der Waals surface area contributed by atoms with E-state index in [1.54, 1.807) is 6.07 Å². The Morgan fingerprint density at radius 1 is 1.05 bits per heavy atom. The number of aliphatic hydroxyl groups is 1. The Balaban J connectivity index is 2.02. The third-order valence-electron chi connectivity index (χ3n) is 3.03. The van der Waals surface area contributed by atoms with Gasteiger partial charge >= 0.3 is 0 Å². The Bertz CT molecular complexity index is 783. The van der Waals surface area contributed by atoms with Gasteiger partial charge in [-0.05, 0) is 42.0 Å². The van der Waals surface area contributed by atoms with Crippen LogP contribution in [0.25, 0.3) is 11.0 Å². The standard InChI is InChI=1S/C15H9ClF2O2/c16-11-6-8(1-3-12(11)18)15(19)14-7-9-5-10(17)2-4-13(9)20-14/h1-7,15,19H. The molecule has 20 heavy (non-hydrogen) atoms. The van der Waals surface area contributed by atoms with E-state index in [2.05, 4.69) is 0 Å². The number of aliphatic hydroxyl groups excluding tert-OH is 1. The van der Waals surface area contributed by atoms with Crippen molar-refractivity contribution in [1.29, 1.82) is 0 Å². The summed E-state index contributed by atoms with van der Waals surface area (Å²) in [6.07, 6.45) is -1.09. The first-order valence-corrected chi connectivity index (χ1v) is 6.24. The molecule has 1 heterocycles. The van der Waals surface area contributed by atoms with Crippen molar-refractivity contribution in [1.82, 2.24) is 0 Å². The lowest BCUT2D eigenvalue weighted by Gasteiger charge is -2.08. The summed E-state index contributed by atoms with van der Waals surface area (Å²) >= 11 is 5.68. The molecule has 1 atom stereocenters. The van der Waals surface area contributed by atoms with Gasteiger partial charge in [-0.25, -0.2) is 8.78 Å². The zero-order valence-electron chi connectivity index (χ0n) is 10.1. The first-order valence-electron chi connectivity index (χ1n) is 5.86. The summed E-state index contributed by atoms with van der Waals surface area (Å²) in [5, 5.41) is 10.7. The van der Waals surface area contributed by atoms with Crippen LogP contribution in [0, 0.1) is 11.6 Å². The van der Waals surface area contributed by atoms with Crippen LogP contribution in [0.5, 0.6) is 0 Å². The molecular weight excluding hydrogens is 286 g/mol. The van der Waals surface area contributed by atoms with E-state index in [9.17, 15) is 13.9 Å². The number of fused-ring (bicyclic) bond motifs is 1. The lowest BCUT2D eigenvalue weighted by atomic mass is 10.1. The Morgan fingerprint density at radius 2 is 1.85 bits per heavy atom. The normalized spacial score (nSPS) is 12.8. The van der Waals surface area contributed by atoms with Crippen LogP contribution in [0.4, 0.5) is 8.78 Å². The molecular formula is C15H9ClF2O2. The maximum Gasteiger partial charge on any atom is 0.141 e. The summed E-state index contributed by atoms with van der Waals surface area (Å²) in [4.78, 5) is 0. The van der Waals surface area contributed by atoms with Crippen LogP contribution in [0.3, 0.4) is 0 Å². The molecule has 5 heteroatoms. The molecule has 0 aliphatic rings. The highest BCUT2D eigenvalue weighted by molar-refractivity contribution is 6.30. The summed E-state index contributed by atoms with van der Waals surface area (Å²) in [7, 11) is 0. The van der Waals surface area contributed by atoms with Crippen LogP contribution in [0.1, 0.15) is 17.4 Å². The van der Waals surface area contributed by atoms with Crippen molar-refractivity contribution in [2.24, 2.45) is 0 Å². The molecule has 0 bridgehead atoms. The minimum absolute atomic E-state index is 0.0799. The molecule has 1 aromatic heterocycles. The van der Waals surface area contributed by atoms with Crippen molar-refractivity contribution in [3.63, 3.8) is 0 Å². The molecule has 2 aromatic carbocycles. The first-order chi connectivity index (χ1) is 9.54. The van der Waals surface area contributed by atoms with Gasteiger partial charge in [-0.3, -0.25) is 0 Å². The SMILES string of the molecule is OC(c1ccc(F)c(Cl)c1)c1cc2cc(F)ccc2o1. The van der Waals surface area contributed by atoms with Crippen molar-refractivity contribution >= 4 is 22.6 Å². The van der Waals surface area contributed by atoms with Gasteiger partial charge in [0.1, 0.15) is 29.1 Å². The number of benzene rings is 2. The van der Waals surface area contributed by atoms with Crippen LogP contribution < -0.4 is 0 Å². The molecule has 3 aromatic rings. The van der Waals surface area contributed by atoms with Gasteiger partial charge in [0.25, 0.3) is 0 Å². The number of halogens is 3. The lowest BCUT2D eigenvalue weighted by molar-refractivity contribution is 0.192. The minimum Gasteiger partial charge on any atom is -0.458 e. The van der Waals surface area contributed by atoms with Crippen LogP contribution in [0.2, 0.25) is 5.02 Å². The molecule has 0 saturated heterocycles. The molecule has 0 spiro atoms. The van der Waals surface area contributed by atoms with Crippen molar-refractivity contribution in [2.45, 2.75) is 6.10 Å². The van der Waals surface area contributed by atoms with Gasteiger partial charge in [-0.15, -0.1) is 0 Å². The van der Waals surface area contributed by atoms with Gasteiger partial charge in [0.15, 0.2) is 0 Å². The van der Waals surface area contributed by atoms with Crippen molar-refractivity contribution in [3.8, 4) is 0 Å². The highest BCUT2D eigenvalue weighted by Crippen LogP contribution is 2.30. The molecule has 0 radical (unpaired) electrons. The fraction of sp³-hybridized carbons (Fsp3) is 0.0667. The Labute approximate surface area is 118 Å². The molecule has 0 amide bonds. The van der Waals surface area contributed by atoms with Gasteiger partial charge in [-0.2, -0.15) is 0 Å². The van der Waals surface area contributed by atoms with E-state index in [4.69, 9.17) is 16.0 Å². The van der Waals surface area contributed by atoms with E-state index in [1.807, 2.05) is 0 Å². The molecule has 0 fully saturated rings. The Hall–Kier alpha value is -1.91. The Kier molecular flexibility index (Phi) is 3.20. The van der Waals surface area contributed by atoms with Gasteiger partial charge in [-0.1, -0.05) is 17.7 Å². The average molecular weight is 295 g/mol. The maximum absolute atomic E-state index is 13.1. The second kappa shape index (κ2) is 4.89. The Morgan fingerprint density at radius 3 is 2.60 bits per heavy atom. The summed E-state index contributed by atoms with van der Waals surface area (Å²) in [5.74, 6) is -0.702. The van der Waals surface area contributed by atoms with E-state index in [0.717, 1.165) is 0 Å². The molecule has 1 N–H and O–H groups in total. The predicted octanol–water partition coefficient (Wildman–Crippen LogP) is 4.45. The zero-order chi connectivity index (χ0) is 14.3. The molecule has 102 valence electrons. The van der Waals surface area contributed by atoms with Crippen LogP contribution in [0.15, 0.2) is 46.9 Å². The highest BCUT2D eigenvalue weighted by Gasteiger charge is 2.17. The first kappa shape index (κ1) is 13.1. The van der Waals surface area contributed by atoms with Gasteiger partial charge in [0, 0.05) is 5.39 Å². The van der Waals surface area contributed by atoms with Crippen molar-refractivity contribution < 1.29 is 18.3 Å². The van der Waals surface area contributed by atoms with E-state index in [-0.39, 0.29) is 16.6 Å². The fourth-order valence-corrected chi connectivity index (χ4v) is 2.21. The van der Waals surface area contributed by atoms with Crippen LogP contribution >= 0.6 is 11.6 Å². The highest BCUT2D eigenvalue weighted by atomic mass is 35.5. The number of hydrogen-bond acceptors (Lipinski definition) is 2. The maximum atomic E-state index is 13.1.